The van der Waals surface area contributed by atoms with Crippen LogP contribution in [-0.2, 0) is 9.53 Å². The molecule has 0 heterocycles. The van der Waals surface area contributed by atoms with E-state index in [4.69, 9.17) is 25.4 Å². The summed E-state index contributed by atoms with van der Waals surface area (Å²) in [7, 11) is 1.64. The molecule has 0 bridgehead atoms. The van der Waals surface area contributed by atoms with Gasteiger partial charge in [0.1, 0.15) is 11.5 Å². The summed E-state index contributed by atoms with van der Waals surface area (Å²) in [4.78, 5) is 20.4. The first-order valence-corrected chi connectivity index (χ1v) is 11.9. The summed E-state index contributed by atoms with van der Waals surface area (Å²) < 4.78 is 16.6. The fourth-order valence-electron chi connectivity index (χ4n) is 3.68. The zero-order valence-electron chi connectivity index (χ0n) is 20.6. The second-order valence-corrected chi connectivity index (χ2v) is 8.03. The molecule has 8 nitrogen and oxygen atoms in total. The number of rotatable bonds is 11. The summed E-state index contributed by atoms with van der Waals surface area (Å²) in [6.07, 6.45) is 12.8. The molecule has 0 aromatic heterocycles. The van der Waals surface area contributed by atoms with Gasteiger partial charge in [0, 0.05) is 11.8 Å². The van der Waals surface area contributed by atoms with Crippen molar-refractivity contribution in [2.75, 3.05) is 13.7 Å². The first kappa shape index (κ1) is 26.4. The number of aliphatic imine (C=N–C) groups is 2. The van der Waals surface area contributed by atoms with Crippen LogP contribution in [0.4, 0.5) is 11.4 Å². The van der Waals surface area contributed by atoms with E-state index in [1.165, 1.54) is 25.0 Å². The molecule has 1 fully saturated rings. The molecule has 3 N–H and O–H groups in total. The van der Waals surface area contributed by atoms with Crippen molar-refractivity contribution in [1.29, 1.82) is 5.41 Å². The number of nitrogens with two attached hydrogens (primary N) is 1. The summed E-state index contributed by atoms with van der Waals surface area (Å²) in [5.74, 6) is 0.869. The van der Waals surface area contributed by atoms with Gasteiger partial charge in [0.15, 0.2) is 11.5 Å². The number of hydrogen-bond donors (Lipinski definition) is 2. The second-order valence-electron chi connectivity index (χ2n) is 8.03. The first-order chi connectivity index (χ1) is 17.5. The molecular weight excluding hydrogens is 456 g/mol. The number of benzene rings is 2. The Morgan fingerprint density at radius 1 is 1.11 bits per heavy atom. The number of carbonyl (C=O) groups excluding carboxylic acids is 1. The molecular formula is C28H32N4O4. The lowest BCUT2D eigenvalue weighted by Gasteiger charge is -2.17. The number of esters is 1. The van der Waals surface area contributed by atoms with E-state index in [0.29, 0.717) is 17.1 Å². The minimum Gasteiger partial charge on any atom is -0.493 e. The third kappa shape index (κ3) is 7.66. The molecule has 0 radical (unpaired) electrons. The van der Waals surface area contributed by atoms with Crippen molar-refractivity contribution in [1.82, 2.24) is 0 Å². The fourth-order valence-corrected chi connectivity index (χ4v) is 3.68. The van der Waals surface area contributed by atoms with Crippen LogP contribution in [0.5, 0.6) is 11.5 Å². The molecule has 1 saturated carbocycles. The van der Waals surface area contributed by atoms with E-state index in [9.17, 15) is 4.79 Å². The van der Waals surface area contributed by atoms with Crippen molar-refractivity contribution in [2.45, 2.75) is 38.7 Å². The quantitative estimate of drug-likeness (QED) is 0.244. The number of allylic oxidation sites excluding steroid dienone is 1. The van der Waals surface area contributed by atoms with Gasteiger partial charge in [-0.2, -0.15) is 0 Å². The Balaban J connectivity index is 1.73. The number of ether oxygens (including phenoxy) is 3. The van der Waals surface area contributed by atoms with Gasteiger partial charge in [0.25, 0.3) is 0 Å². The molecule has 1 aliphatic rings. The molecule has 0 unspecified atom stereocenters. The van der Waals surface area contributed by atoms with Crippen LogP contribution in [0.2, 0.25) is 0 Å². The molecule has 0 saturated heterocycles. The number of carbonyl (C=O) groups is 1. The van der Waals surface area contributed by atoms with E-state index in [-0.39, 0.29) is 24.3 Å². The molecule has 36 heavy (non-hydrogen) atoms. The lowest BCUT2D eigenvalue weighted by molar-refractivity contribution is -0.135. The predicted octanol–water partition coefficient (Wildman–Crippen LogP) is 5.56. The molecule has 1 aliphatic carbocycles. The molecule has 8 heteroatoms. The SMILES string of the molecule is CCOC(=O)C(=N)/C=C\C(N)=Nc1ccccc1N=C/C=C/c1cccc(OC)c1OC1CCCC1. The summed E-state index contributed by atoms with van der Waals surface area (Å²) in [5.41, 5.74) is 7.74. The van der Waals surface area contributed by atoms with Crippen LogP contribution in [0.3, 0.4) is 0 Å². The Kier molecular flexibility index (Phi) is 10.00. The van der Waals surface area contributed by atoms with Crippen molar-refractivity contribution < 1.29 is 19.0 Å². The highest BCUT2D eigenvalue weighted by molar-refractivity contribution is 6.40. The van der Waals surface area contributed by atoms with Gasteiger partial charge in [-0.05, 0) is 75.1 Å². The van der Waals surface area contributed by atoms with Crippen LogP contribution in [-0.4, -0.2) is 43.6 Å². The molecule has 188 valence electrons. The Hall–Kier alpha value is -4.20. The Bertz CT molecular complexity index is 1180. The monoisotopic (exact) mass is 488 g/mol. The maximum absolute atomic E-state index is 11.5. The van der Waals surface area contributed by atoms with E-state index in [1.54, 1.807) is 26.3 Å². The number of nitrogens with zero attached hydrogens (tertiary/aromatic N) is 2. The van der Waals surface area contributed by atoms with Crippen molar-refractivity contribution in [3.63, 3.8) is 0 Å². The van der Waals surface area contributed by atoms with E-state index >= 15 is 0 Å². The fraction of sp³-hybridized carbons (Fsp3) is 0.286. The zero-order valence-corrected chi connectivity index (χ0v) is 20.6. The number of hydrogen-bond acceptors (Lipinski definition) is 7. The summed E-state index contributed by atoms with van der Waals surface area (Å²) in [6, 6.07) is 13.1. The van der Waals surface area contributed by atoms with Gasteiger partial charge >= 0.3 is 5.97 Å². The number of amidine groups is 1. The van der Waals surface area contributed by atoms with Gasteiger partial charge in [-0.15, -0.1) is 0 Å². The van der Waals surface area contributed by atoms with Crippen LogP contribution in [0.1, 0.15) is 38.2 Å². The van der Waals surface area contributed by atoms with Crippen LogP contribution >= 0.6 is 0 Å². The third-order valence-electron chi connectivity index (χ3n) is 5.44. The van der Waals surface area contributed by atoms with Crippen molar-refractivity contribution in [3.05, 3.63) is 66.3 Å². The maximum atomic E-state index is 11.5. The molecule has 2 aromatic carbocycles. The summed E-state index contributed by atoms with van der Waals surface area (Å²) >= 11 is 0. The van der Waals surface area contributed by atoms with Crippen LogP contribution < -0.4 is 15.2 Å². The van der Waals surface area contributed by atoms with E-state index in [1.807, 2.05) is 48.6 Å². The zero-order chi connectivity index (χ0) is 25.8. The highest BCUT2D eigenvalue weighted by atomic mass is 16.5. The second kappa shape index (κ2) is 13.6. The minimum atomic E-state index is -0.717. The normalized spacial score (nSPS) is 14.7. The maximum Gasteiger partial charge on any atom is 0.356 e. The Morgan fingerprint density at radius 3 is 2.58 bits per heavy atom. The first-order valence-electron chi connectivity index (χ1n) is 11.9. The van der Waals surface area contributed by atoms with E-state index in [2.05, 4.69) is 9.98 Å². The third-order valence-corrected chi connectivity index (χ3v) is 5.44. The molecule has 0 spiro atoms. The highest BCUT2D eigenvalue weighted by Crippen LogP contribution is 2.35. The highest BCUT2D eigenvalue weighted by Gasteiger charge is 2.19. The van der Waals surface area contributed by atoms with Gasteiger partial charge in [-0.1, -0.05) is 24.3 Å². The van der Waals surface area contributed by atoms with E-state index in [0.717, 1.165) is 24.2 Å². The van der Waals surface area contributed by atoms with E-state index < -0.39 is 5.97 Å². The lowest BCUT2D eigenvalue weighted by Crippen LogP contribution is -2.15. The van der Waals surface area contributed by atoms with Gasteiger partial charge in [-0.25, -0.2) is 9.79 Å². The summed E-state index contributed by atoms with van der Waals surface area (Å²) in [5, 5.41) is 7.68. The van der Waals surface area contributed by atoms with Gasteiger partial charge < -0.3 is 19.9 Å². The molecule has 0 aliphatic heterocycles. The largest absolute Gasteiger partial charge is 0.493 e. The summed E-state index contributed by atoms with van der Waals surface area (Å²) in [6.45, 7) is 1.88. The number of para-hydroxylation sites is 3. The number of nitrogens with one attached hydrogen (secondary N) is 1. The standard InChI is InChI=1S/C28H32N4O4/c1-3-35-28(33)22(29)17-18-26(30)32-24-15-7-6-14-23(24)31-19-9-11-20-10-8-16-25(34-2)27(20)36-21-12-4-5-13-21/h6-11,14-19,21,29H,3-5,12-13H2,1-2H3,(H2,30,32)/b11-9+,18-17-,29-22?,31-19?. The van der Waals surface area contributed by atoms with Crippen LogP contribution in [0.25, 0.3) is 6.08 Å². The van der Waals surface area contributed by atoms with Gasteiger partial charge in [0.05, 0.1) is 31.2 Å². The predicted molar refractivity (Wildman–Crippen MR) is 144 cm³/mol. The van der Waals surface area contributed by atoms with Crippen LogP contribution in [0, 0.1) is 5.41 Å². The molecule has 3 rings (SSSR count). The topological polar surface area (TPSA) is 119 Å². The molecule has 2 aromatic rings. The Labute approximate surface area is 211 Å². The number of methoxy groups -OCH3 is 1. The van der Waals surface area contributed by atoms with Gasteiger partial charge in [-0.3, -0.25) is 10.4 Å². The Morgan fingerprint density at radius 2 is 1.86 bits per heavy atom. The van der Waals surface area contributed by atoms with Crippen molar-refractivity contribution >= 4 is 41.2 Å². The smallest absolute Gasteiger partial charge is 0.356 e. The lowest BCUT2D eigenvalue weighted by atomic mass is 10.1. The molecule has 0 atom stereocenters. The molecule has 0 amide bonds. The van der Waals surface area contributed by atoms with Crippen molar-refractivity contribution in [2.24, 2.45) is 15.7 Å². The average Bonchev–Trinajstić information content (AvgIpc) is 3.40. The minimum absolute atomic E-state index is 0.132. The average molecular weight is 489 g/mol. The van der Waals surface area contributed by atoms with Gasteiger partial charge in [0.2, 0.25) is 0 Å². The van der Waals surface area contributed by atoms with Crippen LogP contribution in [0.15, 0.2) is 70.7 Å². The van der Waals surface area contributed by atoms with Crippen molar-refractivity contribution in [3.8, 4) is 11.5 Å².